The third-order valence-corrected chi connectivity index (χ3v) is 2.41. The number of hydrogen-bond donors (Lipinski definition) is 2. The van der Waals surface area contributed by atoms with E-state index in [0.29, 0.717) is 5.56 Å². The van der Waals surface area contributed by atoms with Crippen molar-refractivity contribution >= 4 is 5.82 Å². The third-order valence-electron chi connectivity index (χ3n) is 2.41. The highest BCUT2D eigenvalue weighted by Crippen LogP contribution is 2.10. The first kappa shape index (κ1) is 11.5. The molecule has 0 aliphatic rings. The molecule has 2 unspecified atom stereocenters. The van der Waals surface area contributed by atoms with E-state index >= 15 is 0 Å². The molecule has 2 atom stereocenters. The number of pyridine rings is 1. The number of nitriles is 1. The van der Waals surface area contributed by atoms with Crippen LogP contribution in [0, 0.1) is 17.2 Å². The average Bonchev–Trinajstić information content (AvgIpc) is 2.29. The van der Waals surface area contributed by atoms with Crippen molar-refractivity contribution in [3.05, 3.63) is 23.9 Å². The van der Waals surface area contributed by atoms with E-state index in [1.807, 2.05) is 19.9 Å². The number of aromatic nitrogens is 1. The quantitative estimate of drug-likeness (QED) is 0.779. The summed E-state index contributed by atoms with van der Waals surface area (Å²) in [6, 6.07) is 5.64. The van der Waals surface area contributed by atoms with Crippen molar-refractivity contribution in [3.63, 3.8) is 0 Å². The van der Waals surface area contributed by atoms with Gasteiger partial charge < -0.3 is 10.4 Å². The van der Waals surface area contributed by atoms with Crippen LogP contribution in [-0.2, 0) is 0 Å². The maximum absolute atomic E-state index is 8.96. The Morgan fingerprint density at radius 1 is 1.53 bits per heavy atom. The predicted molar refractivity (Wildman–Crippen MR) is 58.3 cm³/mol. The Bertz CT molecular complexity index is 342. The molecule has 1 aromatic rings. The predicted octanol–water partition coefficient (Wildman–Crippen LogP) is 1.38. The number of rotatable bonds is 4. The van der Waals surface area contributed by atoms with E-state index in [1.165, 1.54) is 6.20 Å². The van der Waals surface area contributed by atoms with Crippen LogP contribution >= 0.6 is 0 Å². The van der Waals surface area contributed by atoms with Crippen molar-refractivity contribution in [2.24, 2.45) is 5.92 Å². The fraction of sp³-hybridized carbons (Fsp3) is 0.455. The van der Waals surface area contributed by atoms with E-state index in [0.717, 1.165) is 5.82 Å². The van der Waals surface area contributed by atoms with Gasteiger partial charge in [-0.05, 0) is 25.0 Å². The second-order valence-electron chi connectivity index (χ2n) is 3.64. The zero-order valence-corrected chi connectivity index (χ0v) is 8.94. The van der Waals surface area contributed by atoms with E-state index in [9.17, 15) is 0 Å². The lowest BCUT2D eigenvalue weighted by atomic mass is 10.1. The fourth-order valence-corrected chi connectivity index (χ4v) is 1.08. The first-order valence-corrected chi connectivity index (χ1v) is 4.91. The maximum atomic E-state index is 8.96. The summed E-state index contributed by atoms with van der Waals surface area (Å²) in [7, 11) is 0. The zero-order chi connectivity index (χ0) is 11.3. The van der Waals surface area contributed by atoms with Crippen LogP contribution in [0.25, 0.3) is 0 Å². The van der Waals surface area contributed by atoms with E-state index in [4.69, 9.17) is 10.4 Å². The summed E-state index contributed by atoms with van der Waals surface area (Å²) < 4.78 is 0. The van der Waals surface area contributed by atoms with Gasteiger partial charge in [0.15, 0.2) is 0 Å². The number of anilines is 1. The summed E-state index contributed by atoms with van der Waals surface area (Å²) in [4.78, 5) is 4.09. The summed E-state index contributed by atoms with van der Waals surface area (Å²) in [5, 5.41) is 20.7. The summed E-state index contributed by atoms with van der Waals surface area (Å²) in [5.74, 6) is 0.893. The van der Waals surface area contributed by atoms with Crippen LogP contribution in [0.5, 0.6) is 0 Å². The molecule has 0 aliphatic heterocycles. The molecule has 0 aliphatic carbocycles. The Hall–Kier alpha value is -1.60. The second-order valence-corrected chi connectivity index (χ2v) is 3.64. The van der Waals surface area contributed by atoms with Gasteiger partial charge >= 0.3 is 0 Å². The number of aliphatic hydroxyl groups is 1. The van der Waals surface area contributed by atoms with Gasteiger partial charge in [-0.15, -0.1) is 0 Å². The van der Waals surface area contributed by atoms with Crippen LogP contribution in [0.4, 0.5) is 5.82 Å². The lowest BCUT2D eigenvalue weighted by Crippen LogP contribution is -2.26. The Balaban J connectivity index is 2.61. The van der Waals surface area contributed by atoms with Crippen LogP contribution in [0.2, 0.25) is 0 Å². The molecule has 0 radical (unpaired) electrons. The molecule has 0 fully saturated rings. The fourth-order valence-electron chi connectivity index (χ4n) is 1.08. The molecule has 15 heavy (non-hydrogen) atoms. The van der Waals surface area contributed by atoms with Crippen LogP contribution in [0.3, 0.4) is 0 Å². The number of aliphatic hydroxyl groups excluding tert-OH is 1. The van der Waals surface area contributed by atoms with Crippen molar-refractivity contribution in [1.82, 2.24) is 4.98 Å². The van der Waals surface area contributed by atoms with Gasteiger partial charge in [-0.25, -0.2) is 4.98 Å². The smallest absolute Gasteiger partial charge is 0.126 e. The molecule has 80 valence electrons. The van der Waals surface area contributed by atoms with Gasteiger partial charge in [0.2, 0.25) is 0 Å². The number of nitrogens with one attached hydrogen (secondary N) is 1. The van der Waals surface area contributed by atoms with Crippen molar-refractivity contribution in [3.8, 4) is 6.07 Å². The van der Waals surface area contributed by atoms with Gasteiger partial charge in [0.1, 0.15) is 11.9 Å². The molecule has 1 aromatic heterocycles. The van der Waals surface area contributed by atoms with Crippen LogP contribution in [0.1, 0.15) is 19.4 Å². The summed E-state index contributed by atoms with van der Waals surface area (Å²) in [5.41, 5.74) is 0.545. The minimum absolute atomic E-state index is 0.143. The van der Waals surface area contributed by atoms with Gasteiger partial charge in [0.25, 0.3) is 0 Å². The van der Waals surface area contributed by atoms with E-state index in [1.54, 1.807) is 12.1 Å². The molecular weight excluding hydrogens is 190 g/mol. The van der Waals surface area contributed by atoms with Crippen LogP contribution in [-0.4, -0.2) is 22.7 Å². The monoisotopic (exact) mass is 205 g/mol. The Morgan fingerprint density at radius 3 is 2.73 bits per heavy atom. The SMILES string of the molecule is CC(CO)C(C)Nc1ccc(C#N)cn1. The molecule has 0 saturated heterocycles. The molecule has 0 bridgehead atoms. The molecule has 0 aromatic carbocycles. The molecule has 4 heteroatoms. The molecule has 0 saturated carbocycles. The molecule has 1 rings (SSSR count). The average molecular weight is 205 g/mol. The molecular formula is C11H15N3O. The van der Waals surface area contributed by atoms with Gasteiger partial charge in [0, 0.05) is 18.8 Å². The normalized spacial score (nSPS) is 14.0. The van der Waals surface area contributed by atoms with E-state index in [2.05, 4.69) is 10.3 Å². The van der Waals surface area contributed by atoms with Gasteiger partial charge in [-0.2, -0.15) is 5.26 Å². The first-order valence-electron chi connectivity index (χ1n) is 4.91. The molecule has 4 nitrogen and oxygen atoms in total. The highest BCUT2D eigenvalue weighted by atomic mass is 16.3. The standard InChI is InChI=1S/C11H15N3O/c1-8(7-15)9(2)14-11-4-3-10(5-12)6-13-11/h3-4,6,8-9,15H,7H2,1-2H3,(H,13,14). The molecule has 2 N–H and O–H groups in total. The lowest BCUT2D eigenvalue weighted by Gasteiger charge is -2.19. The van der Waals surface area contributed by atoms with Crippen LogP contribution < -0.4 is 5.32 Å². The third kappa shape index (κ3) is 3.22. The molecule has 1 heterocycles. The van der Waals surface area contributed by atoms with Gasteiger partial charge in [0.05, 0.1) is 5.56 Å². The topological polar surface area (TPSA) is 68.9 Å². The zero-order valence-electron chi connectivity index (χ0n) is 8.94. The van der Waals surface area contributed by atoms with Gasteiger partial charge in [-0.3, -0.25) is 0 Å². The van der Waals surface area contributed by atoms with Gasteiger partial charge in [-0.1, -0.05) is 6.92 Å². The van der Waals surface area contributed by atoms with Crippen LogP contribution in [0.15, 0.2) is 18.3 Å². The minimum atomic E-state index is 0.143. The van der Waals surface area contributed by atoms with Crippen molar-refractivity contribution < 1.29 is 5.11 Å². The second kappa shape index (κ2) is 5.32. The van der Waals surface area contributed by atoms with E-state index in [-0.39, 0.29) is 18.6 Å². The van der Waals surface area contributed by atoms with Crippen molar-refractivity contribution in [2.45, 2.75) is 19.9 Å². The van der Waals surface area contributed by atoms with Crippen molar-refractivity contribution in [1.29, 1.82) is 5.26 Å². The number of nitrogens with zero attached hydrogens (tertiary/aromatic N) is 2. The largest absolute Gasteiger partial charge is 0.396 e. The summed E-state index contributed by atoms with van der Waals surface area (Å²) in [6.45, 7) is 4.09. The van der Waals surface area contributed by atoms with E-state index < -0.39 is 0 Å². The lowest BCUT2D eigenvalue weighted by molar-refractivity contribution is 0.226. The minimum Gasteiger partial charge on any atom is -0.396 e. The highest BCUT2D eigenvalue weighted by molar-refractivity contribution is 5.39. The Labute approximate surface area is 89.6 Å². The molecule has 0 spiro atoms. The highest BCUT2D eigenvalue weighted by Gasteiger charge is 2.10. The Kier molecular flexibility index (Phi) is 4.07. The summed E-state index contributed by atoms with van der Waals surface area (Å²) >= 11 is 0. The summed E-state index contributed by atoms with van der Waals surface area (Å²) in [6.07, 6.45) is 1.53. The Morgan fingerprint density at radius 2 is 2.27 bits per heavy atom. The molecule has 0 amide bonds. The first-order chi connectivity index (χ1) is 7.17. The van der Waals surface area contributed by atoms with Crippen molar-refractivity contribution in [2.75, 3.05) is 11.9 Å². The maximum Gasteiger partial charge on any atom is 0.126 e. The number of hydrogen-bond acceptors (Lipinski definition) is 4.